The lowest BCUT2D eigenvalue weighted by atomic mass is 10.1. The van der Waals surface area contributed by atoms with Gasteiger partial charge in [0.15, 0.2) is 6.73 Å². The maximum absolute atomic E-state index is 12.6. The van der Waals surface area contributed by atoms with Crippen LogP contribution < -0.4 is 15.4 Å². The van der Waals surface area contributed by atoms with Crippen LogP contribution in [0.2, 0.25) is 0 Å². The molecule has 2 aromatic carbocycles. The maximum Gasteiger partial charge on any atom is 0.416 e. The number of benzene rings is 2. The minimum Gasteiger partial charge on any atom is -0.473 e. The fraction of sp³-hybridized carbons (Fsp3) is 0.235. The van der Waals surface area contributed by atoms with Crippen LogP contribution in [0.15, 0.2) is 42.5 Å². The van der Waals surface area contributed by atoms with Gasteiger partial charge in [0.1, 0.15) is 5.75 Å². The third-order valence-electron chi connectivity index (χ3n) is 3.24. The molecular weight excluding hydrogens is 321 g/mol. The van der Waals surface area contributed by atoms with E-state index in [2.05, 4.69) is 10.6 Å². The molecule has 0 spiro atoms. The van der Waals surface area contributed by atoms with Crippen molar-refractivity contribution >= 4 is 11.7 Å². The highest BCUT2D eigenvalue weighted by Gasteiger charge is 2.30. The van der Waals surface area contributed by atoms with Gasteiger partial charge >= 0.3 is 12.2 Å². The van der Waals surface area contributed by atoms with Crippen LogP contribution in [0, 0.1) is 13.8 Å². The Kier molecular flexibility index (Phi) is 5.33. The number of halogens is 3. The molecule has 2 aromatic rings. The summed E-state index contributed by atoms with van der Waals surface area (Å²) >= 11 is 0. The number of amides is 2. The van der Waals surface area contributed by atoms with Gasteiger partial charge in [-0.3, -0.25) is 0 Å². The molecule has 2 rings (SSSR count). The van der Waals surface area contributed by atoms with Gasteiger partial charge in [0.05, 0.1) is 5.56 Å². The molecule has 0 aromatic heterocycles. The van der Waals surface area contributed by atoms with Crippen molar-refractivity contribution in [3.05, 3.63) is 59.2 Å². The first-order valence-corrected chi connectivity index (χ1v) is 7.18. The van der Waals surface area contributed by atoms with Crippen molar-refractivity contribution in [3.63, 3.8) is 0 Å². The molecule has 7 heteroatoms. The summed E-state index contributed by atoms with van der Waals surface area (Å²) in [4.78, 5) is 11.7. The van der Waals surface area contributed by atoms with E-state index in [4.69, 9.17) is 4.74 Å². The first-order valence-electron chi connectivity index (χ1n) is 7.18. The second kappa shape index (κ2) is 7.25. The van der Waals surface area contributed by atoms with Crippen molar-refractivity contribution in [1.29, 1.82) is 0 Å². The Labute approximate surface area is 137 Å². The highest BCUT2D eigenvalue weighted by atomic mass is 19.4. The van der Waals surface area contributed by atoms with E-state index in [1.165, 1.54) is 12.1 Å². The molecule has 24 heavy (non-hydrogen) atoms. The van der Waals surface area contributed by atoms with E-state index in [1.807, 2.05) is 26.0 Å². The summed E-state index contributed by atoms with van der Waals surface area (Å²) in [5.74, 6) is 0.625. The van der Waals surface area contributed by atoms with Crippen molar-refractivity contribution in [2.75, 3.05) is 12.0 Å². The summed E-state index contributed by atoms with van der Waals surface area (Å²) in [7, 11) is 0. The number of hydrogen-bond donors (Lipinski definition) is 2. The lowest BCUT2D eigenvalue weighted by Gasteiger charge is -2.12. The average molecular weight is 338 g/mol. The zero-order valence-corrected chi connectivity index (χ0v) is 13.2. The van der Waals surface area contributed by atoms with Crippen LogP contribution in [0.3, 0.4) is 0 Å². The monoisotopic (exact) mass is 338 g/mol. The largest absolute Gasteiger partial charge is 0.473 e. The zero-order chi connectivity index (χ0) is 17.7. The molecule has 0 bridgehead atoms. The van der Waals surface area contributed by atoms with Crippen LogP contribution in [-0.2, 0) is 6.18 Å². The van der Waals surface area contributed by atoms with E-state index in [9.17, 15) is 18.0 Å². The first kappa shape index (κ1) is 17.7. The third kappa shape index (κ3) is 4.91. The molecule has 0 aliphatic heterocycles. The number of carbonyl (C=O) groups is 1. The topological polar surface area (TPSA) is 50.4 Å². The SMILES string of the molecule is Cc1ccc(OCNC(=O)Nc2cccc(C(F)(F)F)c2)c(C)c1. The summed E-state index contributed by atoms with van der Waals surface area (Å²) in [5, 5.41) is 4.76. The fourth-order valence-corrected chi connectivity index (χ4v) is 2.09. The van der Waals surface area contributed by atoms with Crippen LogP contribution in [-0.4, -0.2) is 12.8 Å². The quantitative estimate of drug-likeness (QED) is 0.808. The molecule has 0 radical (unpaired) electrons. The molecule has 0 aliphatic carbocycles. The lowest BCUT2D eigenvalue weighted by molar-refractivity contribution is -0.137. The summed E-state index contributed by atoms with van der Waals surface area (Å²) in [6.07, 6.45) is -4.46. The Morgan fingerprint density at radius 2 is 1.88 bits per heavy atom. The number of hydrogen-bond acceptors (Lipinski definition) is 2. The van der Waals surface area contributed by atoms with Gasteiger partial charge in [0.25, 0.3) is 0 Å². The molecule has 0 heterocycles. The Balaban J connectivity index is 1.87. The highest BCUT2D eigenvalue weighted by Crippen LogP contribution is 2.30. The van der Waals surface area contributed by atoms with E-state index in [1.54, 1.807) is 6.07 Å². The van der Waals surface area contributed by atoms with Gasteiger partial charge in [-0.2, -0.15) is 13.2 Å². The molecule has 2 N–H and O–H groups in total. The van der Waals surface area contributed by atoms with Crippen molar-refractivity contribution < 1.29 is 22.7 Å². The van der Waals surface area contributed by atoms with E-state index >= 15 is 0 Å². The maximum atomic E-state index is 12.6. The molecule has 4 nitrogen and oxygen atoms in total. The summed E-state index contributed by atoms with van der Waals surface area (Å²) in [6, 6.07) is 9.36. The average Bonchev–Trinajstić information content (AvgIpc) is 2.49. The predicted molar refractivity (Wildman–Crippen MR) is 85.0 cm³/mol. The Bertz CT molecular complexity index is 730. The van der Waals surface area contributed by atoms with E-state index in [-0.39, 0.29) is 12.4 Å². The molecule has 0 aliphatic rings. The number of nitrogens with one attached hydrogen (secondary N) is 2. The van der Waals surface area contributed by atoms with Gasteiger partial charge in [0, 0.05) is 5.69 Å². The molecule has 2 amide bonds. The molecule has 128 valence electrons. The van der Waals surface area contributed by atoms with Crippen LogP contribution in [0.1, 0.15) is 16.7 Å². The predicted octanol–water partition coefficient (Wildman–Crippen LogP) is 4.48. The first-order chi connectivity index (χ1) is 11.3. The molecule has 0 saturated heterocycles. The molecule has 0 fully saturated rings. The van der Waals surface area contributed by atoms with E-state index < -0.39 is 17.8 Å². The van der Waals surface area contributed by atoms with E-state index in [0.717, 1.165) is 23.3 Å². The van der Waals surface area contributed by atoms with Crippen LogP contribution >= 0.6 is 0 Å². The molecule has 0 atom stereocenters. The van der Waals surface area contributed by atoms with E-state index in [0.29, 0.717) is 5.75 Å². The normalized spacial score (nSPS) is 11.0. The highest BCUT2D eigenvalue weighted by molar-refractivity contribution is 5.89. The second-order valence-corrected chi connectivity index (χ2v) is 5.27. The molecular formula is C17H17F3N2O2. The summed E-state index contributed by atoms with van der Waals surface area (Å²) in [5.41, 5.74) is 1.24. The number of rotatable bonds is 4. The Morgan fingerprint density at radius 1 is 1.12 bits per heavy atom. The number of urea groups is 1. The van der Waals surface area contributed by atoms with Gasteiger partial charge in [0.2, 0.25) is 0 Å². The molecule has 0 unspecified atom stereocenters. The van der Waals surface area contributed by atoms with Crippen molar-refractivity contribution in [2.45, 2.75) is 20.0 Å². The Morgan fingerprint density at radius 3 is 2.54 bits per heavy atom. The smallest absolute Gasteiger partial charge is 0.416 e. The second-order valence-electron chi connectivity index (χ2n) is 5.27. The summed E-state index contributed by atoms with van der Waals surface area (Å²) in [6.45, 7) is 3.73. The Hall–Kier alpha value is -2.70. The van der Waals surface area contributed by atoms with Gasteiger partial charge in [-0.15, -0.1) is 0 Å². The number of carbonyl (C=O) groups excluding carboxylic acids is 1. The molecule has 0 saturated carbocycles. The minimum atomic E-state index is -4.46. The number of alkyl halides is 3. The number of anilines is 1. The van der Waals surface area contributed by atoms with Gasteiger partial charge in [-0.25, -0.2) is 4.79 Å². The van der Waals surface area contributed by atoms with Crippen molar-refractivity contribution in [3.8, 4) is 5.75 Å². The third-order valence-corrected chi connectivity index (χ3v) is 3.24. The van der Waals surface area contributed by atoms with Crippen LogP contribution in [0.5, 0.6) is 5.75 Å². The van der Waals surface area contributed by atoms with Gasteiger partial charge in [-0.05, 0) is 43.7 Å². The minimum absolute atomic E-state index is 0.0499. The number of aryl methyl sites for hydroxylation is 2. The van der Waals surface area contributed by atoms with Gasteiger partial charge in [-0.1, -0.05) is 23.8 Å². The van der Waals surface area contributed by atoms with Crippen LogP contribution in [0.25, 0.3) is 0 Å². The van der Waals surface area contributed by atoms with Crippen LogP contribution in [0.4, 0.5) is 23.7 Å². The lowest BCUT2D eigenvalue weighted by Crippen LogP contribution is -2.32. The standard InChI is InChI=1S/C17H17F3N2O2/c1-11-6-7-15(12(2)8-11)24-10-21-16(23)22-14-5-3-4-13(9-14)17(18,19)20/h3-9H,10H2,1-2H3,(H2,21,22,23). The van der Waals surface area contributed by atoms with Crippen molar-refractivity contribution in [2.24, 2.45) is 0 Å². The van der Waals surface area contributed by atoms with Crippen molar-refractivity contribution in [1.82, 2.24) is 5.32 Å². The zero-order valence-electron chi connectivity index (χ0n) is 13.2. The van der Waals surface area contributed by atoms with Gasteiger partial charge < -0.3 is 15.4 Å². The summed E-state index contributed by atoms with van der Waals surface area (Å²) < 4.78 is 43.3. The fourth-order valence-electron chi connectivity index (χ4n) is 2.09. The number of ether oxygens (including phenoxy) is 1.